The molecule has 1 aliphatic rings. The Morgan fingerprint density at radius 3 is 2.92 bits per heavy atom. The lowest BCUT2D eigenvalue weighted by Gasteiger charge is -2.29. The Labute approximate surface area is 160 Å². The number of fused-ring (bicyclic) bond motifs is 2. The first kappa shape index (κ1) is 17.1. The number of benzene rings is 2. The van der Waals surface area contributed by atoms with E-state index in [9.17, 15) is 4.79 Å². The summed E-state index contributed by atoms with van der Waals surface area (Å²) in [5.41, 5.74) is 2.67. The van der Waals surface area contributed by atoms with E-state index in [4.69, 9.17) is 27.9 Å². The summed E-state index contributed by atoms with van der Waals surface area (Å²) < 4.78 is 5.70. The summed E-state index contributed by atoms with van der Waals surface area (Å²) in [6, 6.07) is 11.2. The zero-order valence-electron chi connectivity index (χ0n) is 13.8. The van der Waals surface area contributed by atoms with Crippen molar-refractivity contribution in [3.05, 3.63) is 58.3 Å². The summed E-state index contributed by atoms with van der Waals surface area (Å²) in [7, 11) is 0. The monoisotopic (exact) mass is 387 g/mol. The van der Waals surface area contributed by atoms with E-state index in [0.29, 0.717) is 27.5 Å². The Hall–Kier alpha value is -2.37. The molecule has 2 aromatic carbocycles. The number of para-hydroxylation sites is 1. The highest BCUT2D eigenvalue weighted by atomic mass is 35.5. The number of amides is 1. The number of ether oxygens (including phenoxy) is 1. The maximum atomic E-state index is 12.7. The van der Waals surface area contributed by atoms with Crippen molar-refractivity contribution in [2.24, 2.45) is 0 Å². The molecule has 0 radical (unpaired) electrons. The topological polar surface area (TPSA) is 55.3 Å². The molecule has 0 bridgehead atoms. The highest BCUT2D eigenvalue weighted by molar-refractivity contribution is 6.38. The van der Waals surface area contributed by atoms with E-state index in [1.54, 1.807) is 17.0 Å². The molecule has 0 unspecified atom stereocenters. The predicted molar refractivity (Wildman–Crippen MR) is 102 cm³/mol. The lowest BCUT2D eigenvalue weighted by atomic mass is 10.0. The van der Waals surface area contributed by atoms with Crippen LogP contribution in [0.25, 0.3) is 10.9 Å². The van der Waals surface area contributed by atoms with E-state index in [1.807, 2.05) is 18.2 Å². The molecular weight excluding hydrogens is 373 g/mol. The Morgan fingerprint density at radius 1 is 1.19 bits per heavy atom. The summed E-state index contributed by atoms with van der Waals surface area (Å²) >= 11 is 12.2. The first-order chi connectivity index (χ1) is 12.6. The van der Waals surface area contributed by atoms with Crippen LogP contribution in [0.1, 0.15) is 12.0 Å². The predicted octanol–water partition coefficient (Wildman–Crippen LogP) is 4.29. The molecule has 0 aliphatic carbocycles. The number of aryl methyl sites for hydroxylation is 1. The smallest absolute Gasteiger partial charge is 0.264 e. The molecular formula is C19H15Cl2N3O2. The molecule has 0 saturated carbocycles. The molecule has 0 spiro atoms. The van der Waals surface area contributed by atoms with Gasteiger partial charge in [0.15, 0.2) is 6.61 Å². The van der Waals surface area contributed by atoms with Crippen molar-refractivity contribution >= 4 is 45.7 Å². The summed E-state index contributed by atoms with van der Waals surface area (Å²) in [6.45, 7) is 0.561. The van der Waals surface area contributed by atoms with Crippen molar-refractivity contribution in [3.8, 4) is 5.88 Å². The van der Waals surface area contributed by atoms with E-state index >= 15 is 0 Å². The van der Waals surface area contributed by atoms with Gasteiger partial charge in [0, 0.05) is 17.3 Å². The second-order valence-electron chi connectivity index (χ2n) is 6.03. The summed E-state index contributed by atoms with van der Waals surface area (Å²) in [5, 5.41) is 1.45. The molecule has 5 nitrogen and oxygen atoms in total. The van der Waals surface area contributed by atoms with Crippen molar-refractivity contribution in [1.29, 1.82) is 0 Å². The Kier molecular flexibility index (Phi) is 4.66. The summed E-state index contributed by atoms with van der Waals surface area (Å²) in [4.78, 5) is 22.8. The summed E-state index contributed by atoms with van der Waals surface area (Å²) in [6.07, 6.45) is 3.27. The molecule has 0 fully saturated rings. The Balaban J connectivity index is 1.57. The van der Waals surface area contributed by atoms with E-state index in [1.165, 1.54) is 11.9 Å². The minimum absolute atomic E-state index is 0.114. The maximum absolute atomic E-state index is 12.7. The minimum Gasteiger partial charge on any atom is -0.467 e. The quantitative estimate of drug-likeness (QED) is 0.672. The van der Waals surface area contributed by atoms with Crippen LogP contribution in [0.15, 0.2) is 42.7 Å². The van der Waals surface area contributed by atoms with Crippen LogP contribution in [0.3, 0.4) is 0 Å². The van der Waals surface area contributed by atoms with Crippen LogP contribution >= 0.6 is 23.2 Å². The Morgan fingerprint density at radius 2 is 2.04 bits per heavy atom. The van der Waals surface area contributed by atoms with Gasteiger partial charge in [-0.15, -0.1) is 0 Å². The number of carbonyl (C=O) groups excluding carboxylic acids is 1. The molecule has 2 heterocycles. The average Bonchev–Trinajstić information content (AvgIpc) is 2.65. The third-order valence-electron chi connectivity index (χ3n) is 4.36. The molecule has 7 heteroatoms. The lowest BCUT2D eigenvalue weighted by molar-refractivity contribution is -0.120. The van der Waals surface area contributed by atoms with Gasteiger partial charge in [-0.2, -0.15) is 0 Å². The molecule has 132 valence electrons. The lowest BCUT2D eigenvalue weighted by Crippen LogP contribution is -2.38. The van der Waals surface area contributed by atoms with Gasteiger partial charge in [-0.25, -0.2) is 9.97 Å². The molecule has 4 rings (SSSR count). The fourth-order valence-electron chi connectivity index (χ4n) is 3.18. The molecule has 26 heavy (non-hydrogen) atoms. The molecule has 1 aromatic heterocycles. The van der Waals surface area contributed by atoms with Gasteiger partial charge >= 0.3 is 0 Å². The second kappa shape index (κ2) is 7.09. The number of halogens is 2. The van der Waals surface area contributed by atoms with E-state index in [0.717, 1.165) is 18.5 Å². The van der Waals surface area contributed by atoms with Gasteiger partial charge in [-0.1, -0.05) is 41.4 Å². The van der Waals surface area contributed by atoms with E-state index < -0.39 is 0 Å². The van der Waals surface area contributed by atoms with Gasteiger partial charge in [-0.05, 0) is 36.6 Å². The third kappa shape index (κ3) is 3.20. The van der Waals surface area contributed by atoms with Crippen LogP contribution in [0, 0.1) is 0 Å². The molecule has 0 atom stereocenters. The van der Waals surface area contributed by atoms with Gasteiger partial charge in [0.25, 0.3) is 5.91 Å². The van der Waals surface area contributed by atoms with Crippen molar-refractivity contribution in [2.45, 2.75) is 12.8 Å². The number of nitrogens with zero attached hydrogens (tertiary/aromatic N) is 3. The first-order valence-corrected chi connectivity index (χ1v) is 9.00. The molecule has 0 saturated heterocycles. The van der Waals surface area contributed by atoms with Crippen LogP contribution in [0.5, 0.6) is 5.88 Å². The highest BCUT2D eigenvalue weighted by Gasteiger charge is 2.23. The Bertz CT molecular complexity index is 994. The van der Waals surface area contributed by atoms with Crippen LogP contribution < -0.4 is 9.64 Å². The third-order valence-corrected chi connectivity index (χ3v) is 4.87. The van der Waals surface area contributed by atoms with E-state index in [-0.39, 0.29) is 18.4 Å². The SMILES string of the molecule is O=C(COc1ncnc2c(Cl)cc(Cl)cc12)N1CCCc2ccccc21. The minimum atomic E-state index is -0.120. The molecule has 0 N–H and O–H groups in total. The second-order valence-corrected chi connectivity index (χ2v) is 6.87. The van der Waals surface area contributed by atoms with Crippen LogP contribution in [0.4, 0.5) is 5.69 Å². The normalized spacial score (nSPS) is 13.5. The molecule has 1 amide bonds. The van der Waals surface area contributed by atoms with Crippen LogP contribution in [-0.2, 0) is 11.2 Å². The van der Waals surface area contributed by atoms with Crippen molar-refractivity contribution in [3.63, 3.8) is 0 Å². The maximum Gasteiger partial charge on any atom is 0.264 e. The van der Waals surface area contributed by atoms with Gasteiger partial charge < -0.3 is 9.64 Å². The van der Waals surface area contributed by atoms with Gasteiger partial charge in [0.05, 0.1) is 15.9 Å². The van der Waals surface area contributed by atoms with Gasteiger partial charge in [0.2, 0.25) is 5.88 Å². The standard InChI is InChI=1S/C19H15Cl2N3O2/c20-13-8-14-18(15(21)9-13)22-11-23-19(14)26-10-17(25)24-7-3-5-12-4-1-2-6-16(12)24/h1-2,4,6,8-9,11H,3,5,7,10H2. The fourth-order valence-corrected chi connectivity index (χ4v) is 3.73. The van der Waals surface area contributed by atoms with Crippen LogP contribution in [-0.4, -0.2) is 29.0 Å². The van der Waals surface area contributed by atoms with Gasteiger partial charge in [0.1, 0.15) is 6.33 Å². The van der Waals surface area contributed by atoms with Gasteiger partial charge in [-0.3, -0.25) is 4.79 Å². The zero-order valence-corrected chi connectivity index (χ0v) is 15.3. The molecule has 1 aliphatic heterocycles. The number of carbonyl (C=O) groups is 1. The average molecular weight is 388 g/mol. The summed E-state index contributed by atoms with van der Waals surface area (Å²) in [5.74, 6) is 0.176. The number of hydrogen-bond acceptors (Lipinski definition) is 4. The van der Waals surface area contributed by atoms with Crippen molar-refractivity contribution < 1.29 is 9.53 Å². The molecule has 3 aromatic rings. The van der Waals surface area contributed by atoms with Crippen LogP contribution in [0.2, 0.25) is 10.0 Å². The number of anilines is 1. The van der Waals surface area contributed by atoms with Crippen molar-refractivity contribution in [1.82, 2.24) is 9.97 Å². The highest BCUT2D eigenvalue weighted by Crippen LogP contribution is 2.31. The number of rotatable bonds is 3. The van der Waals surface area contributed by atoms with Crippen molar-refractivity contribution in [2.75, 3.05) is 18.1 Å². The zero-order chi connectivity index (χ0) is 18.1. The first-order valence-electron chi connectivity index (χ1n) is 8.24. The number of aromatic nitrogens is 2. The fraction of sp³-hybridized carbons (Fsp3) is 0.211. The largest absolute Gasteiger partial charge is 0.467 e. The van der Waals surface area contributed by atoms with E-state index in [2.05, 4.69) is 16.0 Å². The number of hydrogen-bond donors (Lipinski definition) is 0.